The number of hydrogen-bond acceptors (Lipinski definition) is 11. The van der Waals surface area contributed by atoms with Gasteiger partial charge in [-0.3, -0.25) is 38.4 Å². The number of hydrogen-bond donors (Lipinski definition) is 11. The Labute approximate surface area is 237 Å². The Balaban J connectivity index is 5.51. The van der Waals surface area contributed by atoms with E-state index in [1.807, 2.05) is 10.6 Å². The number of aliphatic hydroxyl groups excluding tert-OH is 1. The highest BCUT2D eigenvalue weighted by Crippen LogP contribution is 2.03. The fourth-order valence-corrected chi connectivity index (χ4v) is 3.01. The van der Waals surface area contributed by atoms with Gasteiger partial charge in [-0.25, -0.2) is 4.79 Å². The highest BCUT2D eigenvalue weighted by Gasteiger charge is 2.32. The second-order valence-electron chi connectivity index (χ2n) is 8.90. The summed E-state index contributed by atoms with van der Waals surface area (Å²) in [5.74, 6) is -11.5. The molecular weight excluding hydrogens is 572 g/mol. The second kappa shape index (κ2) is 17.8. The minimum atomic E-state index is -1.79. The van der Waals surface area contributed by atoms with Crippen molar-refractivity contribution in [3.8, 4) is 0 Å². The number of carboxylic acids is 4. The molecule has 0 heterocycles. The van der Waals surface area contributed by atoms with Crippen molar-refractivity contribution in [1.29, 1.82) is 0 Å². The van der Waals surface area contributed by atoms with Gasteiger partial charge < -0.3 is 57.9 Å². The summed E-state index contributed by atoms with van der Waals surface area (Å²) in [7, 11) is 0. The van der Waals surface area contributed by atoms with Crippen LogP contribution >= 0.6 is 0 Å². The van der Waals surface area contributed by atoms with E-state index in [1.54, 1.807) is 0 Å². The summed E-state index contributed by atoms with van der Waals surface area (Å²) in [4.78, 5) is 106. The Morgan fingerprint density at radius 3 is 1.43 bits per heavy atom. The van der Waals surface area contributed by atoms with Crippen molar-refractivity contribution in [2.24, 2.45) is 5.73 Å². The maximum atomic E-state index is 12.8. The zero-order chi connectivity index (χ0) is 32.7. The van der Waals surface area contributed by atoms with Crippen molar-refractivity contribution in [2.45, 2.75) is 75.8 Å². The van der Waals surface area contributed by atoms with E-state index >= 15 is 0 Å². The first-order chi connectivity index (χ1) is 19.4. The van der Waals surface area contributed by atoms with Gasteiger partial charge in [0.2, 0.25) is 29.5 Å². The lowest BCUT2D eigenvalue weighted by molar-refractivity contribution is -0.147. The number of nitrogens with two attached hydrogens (primary N) is 1. The molecule has 236 valence electrons. The lowest BCUT2D eigenvalue weighted by Crippen LogP contribution is -2.59. The first-order valence-corrected chi connectivity index (χ1v) is 12.2. The minimum Gasteiger partial charge on any atom is -0.481 e. The van der Waals surface area contributed by atoms with Gasteiger partial charge in [-0.05, 0) is 20.3 Å². The summed E-state index contributed by atoms with van der Waals surface area (Å²) >= 11 is 0. The maximum absolute atomic E-state index is 12.8. The number of aliphatic hydroxyl groups is 1. The zero-order valence-corrected chi connectivity index (χ0v) is 22.5. The van der Waals surface area contributed by atoms with Gasteiger partial charge in [-0.15, -0.1) is 0 Å². The quantitative estimate of drug-likeness (QED) is 0.0653. The van der Waals surface area contributed by atoms with Gasteiger partial charge in [0, 0.05) is 6.42 Å². The first-order valence-electron chi connectivity index (χ1n) is 12.2. The van der Waals surface area contributed by atoms with Gasteiger partial charge in [0.25, 0.3) is 0 Å². The van der Waals surface area contributed by atoms with Gasteiger partial charge in [-0.2, -0.15) is 0 Å². The molecule has 0 radical (unpaired) electrons. The molecule has 0 aromatic rings. The lowest BCUT2D eigenvalue weighted by Gasteiger charge is -2.24. The van der Waals surface area contributed by atoms with Crippen LogP contribution in [-0.2, 0) is 43.2 Å². The lowest BCUT2D eigenvalue weighted by atomic mass is 10.1. The van der Waals surface area contributed by atoms with Crippen molar-refractivity contribution in [1.82, 2.24) is 26.6 Å². The van der Waals surface area contributed by atoms with Gasteiger partial charge >= 0.3 is 23.9 Å². The summed E-state index contributed by atoms with van der Waals surface area (Å²) in [6.45, 7) is 1.44. The van der Waals surface area contributed by atoms with E-state index in [9.17, 15) is 43.2 Å². The number of nitrogens with one attached hydrogen (secondary N) is 5. The summed E-state index contributed by atoms with van der Waals surface area (Å²) in [6, 6.07) is -9.57. The normalized spacial score (nSPS) is 14.9. The number of carboxylic acid groups (broad SMARTS) is 4. The van der Waals surface area contributed by atoms with Gasteiger partial charge in [-0.1, -0.05) is 0 Å². The van der Waals surface area contributed by atoms with Crippen molar-refractivity contribution in [3.63, 3.8) is 0 Å². The molecular formula is C22H34N6O14. The predicted octanol–water partition coefficient (Wildman–Crippen LogP) is -5.33. The fraction of sp³-hybridized carbons (Fsp3) is 0.591. The second-order valence-corrected chi connectivity index (χ2v) is 8.90. The number of rotatable bonds is 19. The third-order valence-corrected chi connectivity index (χ3v) is 5.32. The van der Waals surface area contributed by atoms with E-state index in [1.165, 1.54) is 0 Å². The van der Waals surface area contributed by atoms with Gasteiger partial charge in [0.1, 0.15) is 36.3 Å². The molecule has 0 rings (SSSR count). The molecule has 0 unspecified atom stereocenters. The Bertz CT molecular complexity index is 1070. The number of carbonyl (C=O) groups is 9. The molecule has 0 aromatic heterocycles. The molecule has 0 aromatic carbocycles. The van der Waals surface area contributed by atoms with Crippen LogP contribution in [0.4, 0.5) is 0 Å². The molecule has 0 aliphatic rings. The zero-order valence-electron chi connectivity index (χ0n) is 22.5. The fourth-order valence-electron chi connectivity index (χ4n) is 3.01. The summed E-state index contributed by atoms with van der Waals surface area (Å²) in [6.07, 6.45) is -3.12. The molecule has 20 heteroatoms. The first kappa shape index (κ1) is 37.1. The molecule has 5 amide bonds. The van der Waals surface area contributed by atoms with Crippen LogP contribution in [0.3, 0.4) is 0 Å². The molecule has 12 N–H and O–H groups in total. The average molecular weight is 607 g/mol. The molecule has 6 atom stereocenters. The van der Waals surface area contributed by atoms with E-state index in [0.717, 1.165) is 13.8 Å². The number of carbonyl (C=O) groups excluding carboxylic acids is 5. The topological polar surface area (TPSA) is 341 Å². The third-order valence-electron chi connectivity index (χ3n) is 5.32. The van der Waals surface area contributed by atoms with E-state index in [2.05, 4.69) is 16.0 Å². The maximum Gasteiger partial charge on any atom is 0.326 e. The smallest absolute Gasteiger partial charge is 0.326 e. The van der Waals surface area contributed by atoms with Crippen molar-refractivity contribution < 1.29 is 68.7 Å². The van der Waals surface area contributed by atoms with Crippen molar-refractivity contribution >= 4 is 53.4 Å². The SMILES string of the molecule is C[C@H](NC(=O)[C@H](C)NC(=O)[C@H](CCC(=O)O)NC(=O)[C@H](CC(=O)O)NC(=O)[C@@H](N)CO)C(=O)N[C@@H](CC(=O)O)C(=O)O. The molecule has 0 bridgehead atoms. The highest BCUT2D eigenvalue weighted by atomic mass is 16.4. The Hall–Kier alpha value is -4.85. The monoisotopic (exact) mass is 606 g/mol. The Morgan fingerprint density at radius 1 is 0.571 bits per heavy atom. The Morgan fingerprint density at radius 2 is 0.976 bits per heavy atom. The third kappa shape index (κ3) is 14.0. The molecule has 20 nitrogen and oxygen atoms in total. The van der Waals surface area contributed by atoms with Gasteiger partial charge in [0.15, 0.2) is 0 Å². The molecule has 0 spiro atoms. The molecule has 0 aliphatic carbocycles. The minimum absolute atomic E-state index is 0.538. The van der Waals surface area contributed by atoms with Crippen LogP contribution < -0.4 is 32.3 Å². The number of amides is 5. The van der Waals surface area contributed by atoms with Crippen LogP contribution in [0.15, 0.2) is 0 Å². The highest BCUT2D eigenvalue weighted by molar-refractivity contribution is 5.97. The number of aliphatic carboxylic acids is 4. The van der Waals surface area contributed by atoms with E-state index in [0.29, 0.717) is 0 Å². The molecule has 42 heavy (non-hydrogen) atoms. The van der Waals surface area contributed by atoms with E-state index in [4.69, 9.17) is 31.3 Å². The molecule has 0 saturated carbocycles. The van der Waals surface area contributed by atoms with Crippen LogP contribution in [0.25, 0.3) is 0 Å². The van der Waals surface area contributed by atoms with Crippen LogP contribution in [0.1, 0.15) is 39.5 Å². The summed E-state index contributed by atoms with van der Waals surface area (Å²) in [5.41, 5.74) is 5.34. The molecule has 0 saturated heterocycles. The largest absolute Gasteiger partial charge is 0.481 e. The molecule has 0 aliphatic heterocycles. The van der Waals surface area contributed by atoms with Gasteiger partial charge in [0.05, 0.1) is 19.4 Å². The standard InChI is InChI=1S/C22H34N6O14/c1-8(17(36)24-9(2)18(37)28-13(22(41)42)6-16(34)35)25-20(39)11(3-4-14(30)31)26-21(40)12(5-15(32)33)27-19(38)10(23)7-29/h8-13,29H,3-7,23H2,1-2H3,(H,24,36)(H,25,39)(H,26,40)(H,27,38)(H,28,37)(H,30,31)(H,32,33)(H,34,35)(H,41,42)/t8-,9-,10-,11-,12-,13-/m0/s1. The predicted molar refractivity (Wildman–Crippen MR) is 135 cm³/mol. The van der Waals surface area contributed by atoms with E-state index in [-0.39, 0.29) is 0 Å². The summed E-state index contributed by atoms with van der Waals surface area (Å²) < 4.78 is 0. The van der Waals surface area contributed by atoms with Crippen LogP contribution in [0, 0.1) is 0 Å². The molecule has 0 fully saturated rings. The van der Waals surface area contributed by atoms with Crippen LogP contribution in [0.2, 0.25) is 0 Å². The van der Waals surface area contributed by atoms with Crippen molar-refractivity contribution in [2.75, 3.05) is 6.61 Å². The van der Waals surface area contributed by atoms with E-state index < -0.39 is 122 Å². The summed E-state index contributed by atoms with van der Waals surface area (Å²) in [5, 5.41) is 55.2. The Kier molecular flexibility index (Phi) is 15.7. The van der Waals surface area contributed by atoms with Crippen molar-refractivity contribution in [3.05, 3.63) is 0 Å². The van der Waals surface area contributed by atoms with Crippen LogP contribution in [-0.4, -0.2) is 122 Å². The van der Waals surface area contributed by atoms with Crippen LogP contribution in [0.5, 0.6) is 0 Å². The average Bonchev–Trinajstić information content (AvgIpc) is 2.88.